The molecule has 2 heterocycles. The highest BCUT2D eigenvalue weighted by atomic mass is 16.5. The maximum atomic E-state index is 12.3. The summed E-state index contributed by atoms with van der Waals surface area (Å²) < 4.78 is 7.13. The molecule has 1 aromatic heterocycles. The lowest BCUT2D eigenvalue weighted by atomic mass is 9.94. The number of carbonyl (C=O) groups is 1. The smallest absolute Gasteiger partial charge is 0.337 e. The Morgan fingerprint density at radius 2 is 2.30 bits per heavy atom. The number of aromatic carboxylic acids is 1. The first-order valence-corrected chi connectivity index (χ1v) is 6.58. The van der Waals surface area contributed by atoms with Crippen LogP contribution in [-0.2, 0) is 10.3 Å². The number of carboxylic acids is 1. The molecule has 0 saturated carbocycles. The minimum absolute atomic E-state index is 0.110. The van der Waals surface area contributed by atoms with Crippen molar-refractivity contribution >= 4 is 17.0 Å². The molecule has 1 fully saturated rings. The monoisotopic (exact) mass is 276 g/mol. The van der Waals surface area contributed by atoms with Gasteiger partial charge >= 0.3 is 11.7 Å². The quantitative estimate of drug-likeness (QED) is 0.871. The van der Waals surface area contributed by atoms with Gasteiger partial charge in [0.1, 0.15) is 0 Å². The van der Waals surface area contributed by atoms with Crippen molar-refractivity contribution in [3.8, 4) is 0 Å². The molecule has 0 spiro atoms. The van der Waals surface area contributed by atoms with Crippen LogP contribution in [0.3, 0.4) is 0 Å². The van der Waals surface area contributed by atoms with Crippen molar-refractivity contribution in [3.05, 3.63) is 34.2 Å². The van der Waals surface area contributed by atoms with Crippen LogP contribution in [0, 0.1) is 0 Å². The maximum Gasteiger partial charge on any atom is 0.337 e. The van der Waals surface area contributed by atoms with Crippen molar-refractivity contribution in [3.63, 3.8) is 0 Å². The van der Waals surface area contributed by atoms with Gasteiger partial charge in [-0.2, -0.15) is 0 Å². The number of aromatic nitrogens is 2. The van der Waals surface area contributed by atoms with E-state index < -0.39 is 11.5 Å². The average Bonchev–Trinajstić information content (AvgIpc) is 2.75. The summed E-state index contributed by atoms with van der Waals surface area (Å²) in [5, 5.41) is 9.20. The molecule has 6 heteroatoms. The first kappa shape index (κ1) is 12.9. The molecule has 0 radical (unpaired) electrons. The third-order valence-corrected chi connectivity index (χ3v) is 3.91. The number of benzene rings is 1. The van der Waals surface area contributed by atoms with Crippen LogP contribution in [0.1, 0.15) is 30.1 Å². The van der Waals surface area contributed by atoms with Gasteiger partial charge in [0.2, 0.25) is 0 Å². The third-order valence-electron chi connectivity index (χ3n) is 3.91. The van der Waals surface area contributed by atoms with Crippen LogP contribution in [0.4, 0.5) is 0 Å². The van der Waals surface area contributed by atoms with Gasteiger partial charge in [0.25, 0.3) is 0 Å². The van der Waals surface area contributed by atoms with Crippen molar-refractivity contribution in [2.24, 2.45) is 0 Å². The summed E-state index contributed by atoms with van der Waals surface area (Å²) in [5.41, 5.74) is 0.366. The van der Waals surface area contributed by atoms with Gasteiger partial charge in [0.15, 0.2) is 0 Å². The zero-order valence-electron chi connectivity index (χ0n) is 11.2. The molecule has 3 rings (SSSR count). The van der Waals surface area contributed by atoms with Crippen LogP contribution in [0.5, 0.6) is 0 Å². The molecular formula is C14H16N2O4. The van der Waals surface area contributed by atoms with Gasteiger partial charge in [-0.05, 0) is 31.9 Å². The van der Waals surface area contributed by atoms with Gasteiger partial charge in [-0.1, -0.05) is 6.07 Å². The summed E-state index contributed by atoms with van der Waals surface area (Å²) in [7, 11) is 0. The number of carboxylic acid groups (broad SMARTS) is 1. The van der Waals surface area contributed by atoms with E-state index in [1.54, 1.807) is 16.7 Å². The number of imidazole rings is 1. The number of para-hydroxylation sites is 1. The molecule has 1 aliphatic heterocycles. The highest BCUT2D eigenvalue weighted by Crippen LogP contribution is 2.29. The van der Waals surface area contributed by atoms with E-state index in [0.717, 1.165) is 12.8 Å². The van der Waals surface area contributed by atoms with Crippen LogP contribution in [0.15, 0.2) is 23.0 Å². The largest absolute Gasteiger partial charge is 0.478 e. The predicted molar refractivity (Wildman–Crippen MR) is 73.2 cm³/mol. The van der Waals surface area contributed by atoms with Gasteiger partial charge in [-0.3, -0.25) is 4.57 Å². The Balaban J connectivity index is 2.26. The van der Waals surface area contributed by atoms with E-state index in [1.165, 1.54) is 6.07 Å². The van der Waals surface area contributed by atoms with E-state index in [-0.39, 0.29) is 11.3 Å². The molecule has 6 nitrogen and oxygen atoms in total. The number of hydrogen-bond acceptors (Lipinski definition) is 3. The van der Waals surface area contributed by atoms with Crippen LogP contribution in [0.25, 0.3) is 11.0 Å². The summed E-state index contributed by atoms with van der Waals surface area (Å²) in [4.78, 5) is 26.2. The second kappa shape index (κ2) is 4.49. The molecule has 1 saturated heterocycles. The number of hydrogen-bond donors (Lipinski definition) is 2. The van der Waals surface area contributed by atoms with Gasteiger partial charge in [-0.15, -0.1) is 0 Å². The van der Waals surface area contributed by atoms with Gasteiger partial charge < -0.3 is 14.8 Å². The summed E-state index contributed by atoms with van der Waals surface area (Å²) in [6.07, 6.45) is 1.71. The standard InChI is InChI=1S/C14H16N2O4/c1-14(6-3-7-20-8-14)16-10-5-2-4-9(12(17)18)11(10)15-13(16)19/h2,4-5H,3,6-8H2,1H3,(H,15,19)(H,17,18). The topological polar surface area (TPSA) is 84.3 Å². The van der Waals surface area contributed by atoms with Crippen LogP contribution in [0.2, 0.25) is 0 Å². The number of aromatic amines is 1. The summed E-state index contributed by atoms with van der Waals surface area (Å²) in [6, 6.07) is 4.91. The molecule has 1 aliphatic rings. The average molecular weight is 276 g/mol. The van der Waals surface area contributed by atoms with E-state index >= 15 is 0 Å². The predicted octanol–water partition coefficient (Wildman–Crippen LogP) is 1.55. The minimum atomic E-state index is -1.05. The SMILES string of the molecule is CC1(n2c(=O)[nH]c3c(C(=O)O)cccc32)CCCOC1. The Kier molecular flexibility index (Phi) is 2.90. The van der Waals surface area contributed by atoms with Gasteiger partial charge in [0, 0.05) is 6.61 Å². The van der Waals surface area contributed by atoms with E-state index in [1.807, 2.05) is 6.92 Å². The van der Waals surface area contributed by atoms with Crippen LogP contribution in [-0.4, -0.2) is 33.8 Å². The molecule has 2 aromatic rings. The Bertz CT molecular complexity index is 722. The van der Waals surface area contributed by atoms with Crippen molar-refractivity contribution in [2.75, 3.05) is 13.2 Å². The van der Waals surface area contributed by atoms with E-state index in [0.29, 0.717) is 24.2 Å². The number of rotatable bonds is 2. The first-order valence-electron chi connectivity index (χ1n) is 6.58. The summed E-state index contributed by atoms with van der Waals surface area (Å²) in [5.74, 6) is -1.05. The van der Waals surface area contributed by atoms with Gasteiger partial charge in [0.05, 0.1) is 28.7 Å². The molecule has 0 aliphatic carbocycles. The molecule has 1 atom stereocenters. The van der Waals surface area contributed by atoms with Crippen molar-refractivity contribution in [1.82, 2.24) is 9.55 Å². The lowest BCUT2D eigenvalue weighted by Gasteiger charge is -2.34. The molecule has 0 amide bonds. The van der Waals surface area contributed by atoms with Crippen LogP contribution < -0.4 is 5.69 Å². The van der Waals surface area contributed by atoms with E-state index in [4.69, 9.17) is 4.74 Å². The first-order chi connectivity index (χ1) is 9.53. The molecule has 1 aromatic carbocycles. The van der Waals surface area contributed by atoms with Gasteiger partial charge in [-0.25, -0.2) is 9.59 Å². The van der Waals surface area contributed by atoms with E-state index in [2.05, 4.69) is 4.98 Å². The number of nitrogens with zero attached hydrogens (tertiary/aromatic N) is 1. The van der Waals surface area contributed by atoms with Crippen molar-refractivity contribution in [1.29, 1.82) is 0 Å². The Morgan fingerprint density at radius 1 is 1.50 bits per heavy atom. The molecule has 106 valence electrons. The maximum absolute atomic E-state index is 12.3. The Labute approximate surface area is 115 Å². The zero-order valence-corrected chi connectivity index (χ0v) is 11.2. The fourth-order valence-corrected chi connectivity index (χ4v) is 2.94. The summed E-state index contributed by atoms with van der Waals surface area (Å²) >= 11 is 0. The number of fused-ring (bicyclic) bond motifs is 1. The second-order valence-electron chi connectivity index (χ2n) is 5.42. The Hall–Kier alpha value is -2.08. The second-order valence-corrected chi connectivity index (χ2v) is 5.42. The molecule has 20 heavy (non-hydrogen) atoms. The van der Waals surface area contributed by atoms with Crippen LogP contribution >= 0.6 is 0 Å². The molecule has 1 unspecified atom stereocenters. The lowest BCUT2D eigenvalue weighted by molar-refractivity contribution is 0.00998. The lowest BCUT2D eigenvalue weighted by Crippen LogP contribution is -2.43. The highest BCUT2D eigenvalue weighted by Gasteiger charge is 2.33. The third kappa shape index (κ3) is 1.84. The summed E-state index contributed by atoms with van der Waals surface area (Å²) in [6.45, 7) is 3.12. The van der Waals surface area contributed by atoms with Crippen molar-refractivity contribution < 1.29 is 14.6 Å². The number of ether oxygens (including phenoxy) is 1. The fraction of sp³-hybridized carbons (Fsp3) is 0.429. The Morgan fingerprint density at radius 3 is 2.95 bits per heavy atom. The zero-order chi connectivity index (χ0) is 14.3. The minimum Gasteiger partial charge on any atom is -0.478 e. The normalized spacial score (nSPS) is 23.1. The number of H-pyrrole nitrogens is 1. The van der Waals surface area contributed by atoms with E-state index in [9.17, 15) is 14.7 Å². The van der Waals surface area contributed by atoms with Crippen molar-refractivity contribution in [2.45, 2.75) is 25.3 Å². The molecule has 2 N–H and O–H groups in total. The molecular weight excluding hydrogens is 260 g/mol. The fourth-order valence-electron chi connectivity index (χ4n) is 2.94. The number of nitrogens with one attached hydrogen (secondary N) is 1. The highest BCUT2D eigenvalue weighted by molar-refractivity contribution is 6.00. The molecule has 0 bridgehead atoms.